The lowest BCUT2D eigenvalue weighted by Crippen LogP contribution is -2.27. The number of allylic oxidation sites excluding steroid dienone is 1. The molecule has 0 heterocycles. The number of rotatable bonds is 3. The minimum atomic E-state index is -0.0672. The highest BCUT2D eigenvalue weighted by atomic mass is 16.3. The summed E-state index contributed by atoms with van der Waals surface area (Å²) in [5.74, 6) is 0.798. The lowest BCUT2D eigenvalue weighted by molar-refractivity contribution is 0.217. The Morgan fingerprint density at radius 2 is 2.20 bits per heavy atom. The first kappa shape index (κ1) is 12.7. The van der Waals surface area contributed by atoms with Gasteiger partial charge in [0, 0.05) is 6.04 Å². The second kappa shape index (κ2) is 5.13. The van der Waals surface area contributed by atoms with Crippen LogP contribution >= 0.6 is 0 Å². The van der Waals surface area contributed by atoms with E-state index in [1.807, 2.05) is 0 Å². The van der Waals surface area contributed by atoms with Crippen LogP contribution in [0.15, 0.2) is 11.6 Å². The molecule has 2 atom stereocenters. The maximum Gasteiger partial charge on any atom is 0.0585 e. The molecule has 0 amide bonds. The first-order valence-corrected chi connectivity index (χ1v) is 5.98. The van der Waals surface area contributed by atoms with Crippen LogP contribution in [-0.4, -0.2) is 17.8 Å². The second-order valence-corrected chi connectivity index (χ2v) is 5.85. The summed E-state index contributed by atoms with van der Waals surface area (Å²) >= 11 is 0. The molecule has 0 aromatic carbocycles. The van der Waals surface area contributed by atoms with Gasteiger partial charge in [-0.25, -0.2) is 0 Å². The van der Waals surface area contributed by atoms with Gasteiger partial charge >= 0.3 is 0 Å². The van der Waals surface area contributed by atoms with Crippen molar-refractivity contribution in [2.45, 2.75) is 52.5 Å². The van der Waals surface area contributed by atoms with Crippen molar-refractivity contribution in [3.8, 4) is 0 Å². The highest BCUT2D eigenvalue weighted by molar-refractivity contribution is 5.09. The minimum absolute atomic E-state index is 0.0672. The molecule has 0 saturated carbocycles. The van der Waals surface area contributed by atoms with E-state index in [1.54, 1.807) is 0 Å². The Balaban J connectivity index is 2.45. The largest absolute Gasteiger partial charge is 0.395 e. The predicted octanol–water partition coefficient (Wildman–Crippen LogP) is 2.47. The molecule has 0 fully saturated rings. The van der Waals surface area contributed by atoms with Gasteiger partial charge in [-0.15, -0.1) is 0 Å². The summed E-state index contributed by atoms with van der Waals surface area (Å²) in [7, 11) is 0. The summed E-state index contributed by atoms with van der Waals surface area (Å²) in [4.78, 5) is 0. The molecule has 0 radical (unpaired) electrons. The first-order valence-electron chi connectivity index (χ1n) is 5.98. The van der Waals surface area contributed by atoms with Crippen molar-refractivity contribution in [3.63, 3.8) is 0 Å². The normalized spacial score (nSPS) is 24.9. The lowest BCUT2D eigenvalue weighted by Gasteiger charge is -2.33. The molecule has 0 aliphatic heterocycles. The molecule has 0 aromatic rings. The molecule has 0 bridgehead atoms. The van der Waals surface area contributed by atoms with Crippen molar-refractivity contribution in [2.24, 2.45) is 17.1 Å². The topological polar surface area (TPSA) is 46.2 Å². The Labute approximate surface area is 93.6 Å². The average molecular weight is 211 g/mol. The predicted molar refractivity (Wildman–Crippen MR) is 64.6 cm³/mol. The third-order valence-electron chi connectivity index (χ3n) is 3.49. The highest BCUT2D eigenvalue weighted by Gasteiger charge is 2.26. The summed E-state index contributed by atoms with van der Waals surface area (Å²) in [5, 5.41) is 8.89. The zero-order chi connectivity index (χ0) is 11.5. The molecule has 15 heavy (non-hydrogen) atoms. The van der Waals surface area contributed by atoms with Gasteiger partial charge in [0.15, 0.2) is 0 Å². The Morgan fingerprint density at radius 1 is 1.53 bits per heavy atom. The number of hydrogen-bond acceptors (Lipinski definition) is 2. The third-order valence-corrected chi connectivity index (χ3v) is 3.49. The number of nitrogens with two attached hydrogens (primary N) is 1. The lowest BCUT2D eigenvalue weighted by atomic mass is 9.72. The van der Waals surface area contributed by atoms with Crippen molar-refractivity contribution in [3.05, 3.63) is 11.6 Å². The standard InChI is InChI=1S/C13H25NO/c1-13(2,3)11-6-4-10(5-7-11)8-12(14)9-15/h4,11-12,15H,5-9,14H2,1-3H3. The maximum atomic E-state index is 8.89. The van der Waals surface area contributed by atoms with Gasteiger partial charge in [-0.1, -0.05) is 32.4 Å². The van der Waals surface area contributed by atoms with Gasteiger partial charge in [-0.05, 0) is 37.0 Å². The van der Waals surface area contributed by atoms with E-state index < -0.39 is 0 Å². The van der Waals surface area contributed by atoms with Crippen LogP contribution < -0.4 is 5.73 Å². The molecular weight excluding hydrogens is 186 g/mol. The van der Waals surface area contributed by atoms with Crippen LogP contribution in [0.2, 0.25) is 0 Å². The fourth-order valence-electron chi connectivity index (χ4n) is 2.26. The molecule has 1 aliphatic carbocycles. The zero-order valence-corrected chi connectivity index (χ0v) is 10.3. The van der Waals surface area contributed by atoms with E-state index in [-0.39, 0.29) is 12.6 Å². The minimum Gasteiger partial charge on any atom is -0.395 e. The molecule has 1 rings (SSSR count). The second-order valence-electron chi connectivity index (χ2n) is 5.85. The number of hydrogen-bond donors (Lipinski definition) is 2. The highest BCUT2D eigenvalue weighted by Crippen LogP contribution is 2.37. The monoisotopic (exact) mass is 211 g/mol. The van der Waals surface area contributed by atoms with Crippen LogP contribution in [0.25, 0.3) is 0 Å². The van der Waals surface area contributed by atoms with Crippen molar-refractivity contribution in [1.29, 1.82) is 0 Å². The Hall–Kier alpha value is -0.340. The van der Waals surface area contributed by atoms with E-state index in [4.69, 9.17) is 10.8 Å². The Morgan fingerprint density at radius 3 is 2.60 bits per heavy atom. The van der Waals surface area contributed by atoms with Gasteiger partial charge in [0.05, 0.1) is 6.61 Å². The van der Waals surface area contributed by atoms with Crippen molar-refractivity contribution >= 4 is 0 Å². The summed E-state index contributed by atoms with van der Waals surface area (Å²) in [6, 6.07) is -0.0672. The quantitative estimate of drug-likeness (QED) is 0.704. The zero-order valence-electron chi connectivity index (χ0n) is 10.3. The van der Waals surface area contributed by atoms with Crippen LogP contribution in [0.4, 0.5) is 0 Å². The number of aliphatic hydroxyl groups is 1. The molecule has 2 unspecified atom stereocenters. The fourth-order valence-corrected chi connectivity index (χ4v) is 2.26. The molecule has 3 N–H and O–H groups in total. The van der Waals surface area contributed by atoms with E-state index >= 15 is 0 Å². The van der Waals surface area contributed by atoms with Crippen molar-refractivity contribution in [1.82, 2.24) is 0 Å². The summed E-state index contributed by atoms with van der Waals surface area (Å²) in [5.41, 5.74) is 7.59. The molecule has 88 valence electrons. The van der Waals surface area contributed by atoms with Gasteiger partial charge in [0.2, 0.25) is 0 Å². The Bertz CT molecular complexity index is 227. The van der Waals surface area contributed by atoms with Crippen LogP contribution in [-0.2, 0) is 0 Å². The van der Waals surface area contributed by atoms with Crippen LogP contribution in [0, 0.1) is 11.3 Å². The third kappa shape index (κ3) is 3.96. The number of aliphatic hydroxyl groups excluding tert-OH is 1. The van der Waals surface area contributed by atoms with Crippen LogP contribution in [0.5, 0.6) is 0 Å². The van der Waals surface area contributed by atoms with E-state index in [1.165, 1.54) is 18.4 Å². The molecular formula is C13H25NO. The van der Waals surface area contributed by atoms with E-state index in [0.29, 0.717) is 5.41 Å². The van der Waals surface area contributed by atoms with Gasteiger partial charge in [-0.2, -0.15) is 0 Å². The van der Waals surface area contributed by atoms with Gasteiger partial charge in [-0.3, -0.25) is 0 Å². The van der Waals surface area contributed by atoms with Gasteiger partial charge in [0.1, 0.15) is 0 Å². The summed E-state index contributed by atoms with van der Waals surface area (Å²) in [6.07, 6.45) is 6.82. The van der Waals surface area contributed by atoms with Gasteiger partial charge < -0.3 is 10.8 Å². The molecule has 0 spiro atoms. The molecule has 1 aliphatic rings. The summed E-state index contributed by atoms with van der Waals surface area (Å²) < 4.78 is 0. The molecule has 0 aromatic heterocycles. The maximum absolute atomic E-state index is 8.89. The van der Waals surface area contributed by atoms with Gasteiger partial charge in [0.25, 0.3) is 0 Å². The molecule has 0 saturated heterocycles. The average Bonchev–Trinajstić information content (AvgIpc) is 2.17. The van der Waals surface area contributed by atoms with Crippen molar-refractivity contribution < 1.29 is 5.11 Å². The van der Waals surface area contributed by atoms with E-state index in [0.717, 1.165) is 18.8 Å². The molecule has 2 heteroatoms. The van der Waals surface area contributed by atoms with E-state index in [2.05, 4.69) is 26.8 Å². The smallest absolute Gasteiger partial charge is 0.0585 e. The summed E-state index contributed by atoms with van der Waals surface area (Å²) in [6.45, 7) is 7.04. The van der Waals surface area contributed by atoms with Crippen LogP contribution in [0.1, 0.15) is 46.5 Å². The first-order chi connectivity index (χ1) is 6.93. The Kier molecular flexibility index (Phi) is 4.35. The fraction of sp³-hybridized carbons (Fsp3) is 0.846. The SMILES string of the molecule is CC(C)(C)C1CC=C(CC(N)CO)CC1. The van der Waals surface area contributed by atoms with Crippen molar-refractivity contribution in [2.75, 3.05) is 6.61 Å². The van der Waals surface area contributed by atoms with E-state index in [9.17, 15) is 0 Å². The molecule has 2 nitrogen and oxygen atoms in total. The van der Waals surface area contributed by atoms with Crippen LogP contribution in [0.3, 0.4) is 0 Å².